The number of amides is 3. The fourth-order valence-corrected chi connectivity index (χ4v) is 2.04. The number of likely N-dealkylation sites (tertiary alicyclic amines) is 1. The highest BCUT2D eigenvalue weighted by Crippen LogP contribution is 2.19. The molecule has 1 aliphatic rings. The Labute approximate surface area is 118 Å². The number of aromatic nitrogens is 1. The van der Waals surface area contributed by atoms with E-state index in [1.165, 1.54) is 19.3 Å². The first-order chi connectivity index (χ1) is 8.90. The van der Waals surface area contributed by atoms with E-state index < -0.39 is 17.9 Å². The van der Waals surface area contributed by atoms with Crippen molar-refractivity contribution >= 4 is 40.9 Å². The molecule has 0 bridgehead atoms. The molecule has 6 nitrogen and oxygen atoms in total. The van der Waals surface area contributed by atoms with Gasteiger partial charge < -0.3 is 5.32 Å². The summed E-state index contributed by atoms with van der Waals surface area (Å²) >= 11 is 11.5. The molecular weight excluding hydrogens is 293 g/mol. The van der Waals surface area contributed by atoms with Crippen molar-refractivity contribution in [1.29, 1.82) is 0 Å². The van der Waals surface area contributed by atoms with E-state index in [1.807, 2.05) is 0 Å². The maximum Gasteiger partial charge on any atom is 0.253 e. The fourth-order valence-electron chi connectivity index (χ4n) is 1.69. The highest BCUT2D eigenvalue weighted by atomic mass is 35.5. The maximum atomic E-state index is 12.0. The van der Waals surface area contributed by atoms with Gasteiger partial charge >= 0.3 is 0 Å². The smallest absolute Gasteiger partial charge is 0.253 e. The molecule has 3 amide bonds. The Morgan fingerprint density at radius 1 is 1.47 bits per heavy atom. The van der Waals surface area contributed by atoms with Crippen molar-refractivity contribution in [3.8, 4) is 0 Å². The van der Waals surface area contributed by atoms with Crippen LogP contribution in [0, 0.1) is 0 Å². The number of nitrogens with one attached hydrogen (secondary N) is 1. The molecule has 1 aromatic heterocycles. The van der Waals surface area contributed by atoms with Crippen LogP contribution in [0.3, 0.4) is 0 Å². The number of imide groups is 1. The van der Waals surface area contributed by atoms with E-state index in [0.717, 1.165) is 4.90 Å². The molecular formula is C11H9Cl2N3O3. The van der Waals surface area contributed by atoms with E-state index >= 15 is 0 Å². The van der Waals surface area contributed by atoms with Crippen LogP contribution in [0.2, 0.25) is 10.2 Å². The van der Waals surface area contributed by atoms with Crippen molar-refractivity contribution in [2.75, 3.05) is 7.05 Å². The van der Waals surface area contributed by atoms with Gasteiger partial charge in [0, 0.05) is 13.2 Å². The first kappa shape index (κ1) is 13.8. The predicted octanol–water partition coefficient (Wildman–Crippen LogP) is 0.875. The molecule has 0 aromatic carbocycles. The van der Waals surface area contributed by atoms with Crippen molar-refractivity contribution in [2.24, 2.45) is 0 Å². The predicted molar refractivity (Wildman–Crippen MR) is 67.9 cm³/mol. The summed E-state index contributed by atoms with van der Waals surface area (Å²) in [5.41, 5.74) is 0.108. The average Bonchev–Trinajstić information content (AvgIpc) is 2.60. The number of nitrogens with zero attached hydrogens (tertiary/aromatic N) is 2. The average molecular weight is 302 g/mol. The number of carbonyl (C=O) groups excluding carboxylic acids is 3. The number of pyridine rings is 1. The van der Waals surface area contributed by atoms with Gasteiger partial charge in [-0.2, -0.15) is 0 Å². The Kier molecular flexibility index (Phi) is 3.73. The number of carbonyl (C=O) groups is 3. The topological polar surface area (TPSA) is 79.4 Å². The second kappa shape index (κ2) is 5.14. The Bertz CT molecular complexity index is 576. The number of halogens is 2. The lowest BCUT2D eigenvalue weighted by Gasteiger charge is -2.11. The third-order valence-corrected chi connectivity index (χ3v) is 3.26. The quantitative estimate of drug-likeness (QED) is 0.649. The summed E-state index contributed by atoms with van der Waals surface area (Å²) in [5.74, 6) is -1.36. The molecule has 0 aliphatic carbocycles. The molecule has 1 aromatic rings. The first-order valence-electron chi connectivity index (χ1n) is 5.32. The number of hydrogen-bond acceptors (Lipinski definition) is 4. The van der Waals surface area contributed by atoms with E-state index in [2.05, 4.69) is 10.3 Å². The van der Waals surface area contributed by atoms with Crippen molar-refractivity contribution in [1.82, 2.24) is 15.2 Å². The van der Waals surface area contributed by atoms with Crippen LogP contribution >= 0.6 is 23.2 Å². The maximum absolute atomic E-state index is 12.0. The summed E-state index contributed by atoms with van der Waals surface area (Å²) in [4.78, 5) is 39.6. The second-order valence-electron chi connectivity index (χ2n) is 4.01. The summed E-state index contributed by atoms with van der Waals surface area (Å²) in [7, 11) is 1.37. The van der Waals surface area contributed by atoms with Crippen molar-refractivity contribution in [3.05, 3.63) is 28.0 Å². The van der Waals surface area contributed by atoms with Crippen LogP contribution in [-0.2, 0) is 9.59 Å². The molecule has 100 valence electrons. The summed E-state index contributed by atoms with van der Waals surface area (Å²) in [6.07, 6.45) is 1.18. The minimum absolute atomic E-state index is 0.0580. The van der Waals surface area contributed by atoms with E-state index in [9.17, 15) is 14.4 Å². The van der Waals surface area contributed by atoms with Crippen molar-refractivity contribution in [2.45, 2.75) is 12.5 Å². The van der Waals surface area contributed by atoms with E-state index in [4.69, 9.17) is 23.2 Å². The fraction of sp³-hybridized carbons (Fsp3) is 0.273. The molecule has 19 heavy (non-hydrogen) atoms. The SMILES string of the molecule is CN1C(=O)CC(NC(=O)c2cc(Cl)ncc2Cl)C1=O. The molecule has 0 spiro atoms. The third-order valence-electron chi connectivity index (χ3n) is 2.75. The number of likely N-dealkylation sites (N-methyl/N-ethyl adjacent to an activating group) is 1. The number of rotatable bonds is 2. The van der Waals surface area contributed by atoms with Gasteiger partial charge in [0.15, 0.2) is 0 Å². The lowest BCUT2D eigenvalue weighted by Crippen LogP contribution is -2.40. The molecule has 2 heterocycles. The van der Waals surface area contributed by atoms with E-state index in [-0.39, 0.29) is 28.1 Å². The van der Waals surface area contributed by atoms with Crippen LogP contribution < -0.4 is 5.32 Å². The van der Waals surface area contributed by atoms with Crippen LogP contribution in [0.5, 0.6) is 0 Å². The van der Waals surface area contributed by atoms with Crippen LogP contribution in [-0.4, -0.2) is 40.7 Å². The summed E-state index contributed by atoms with van der Waals surface area (Å²) in [5, 5.41) is 2.68. The van der Waals surface area contributed by atoms with Gasteiger partial charge in [-0.25, -0.2) is 4.98 Å². The normalized spacial score (nSPS) is 18.9. The van der Waals surface area contributed by atoms with Crippen LogP contribution in [0.25, 0.3) is 0 Å². The zero-order valence-electron chi connectivity index (χ0n) is 9.81. The monoisotopic (exact) mass is 301 g/mol. The van der Waals surface area contributed by atoms with Crippen LogP contribution in [0.1, 0.15) is 16.8 Å². The number of hydrogen-bond donors (Lipinski definition) is 1. The van der Waals surface area contributed by atoms with Gasteiger partial charge in [0.05, 0.1) is 17.0 Å². The molecule has 1 atom stereocenters. The Balaban J connectivity index is 2.16. The first-order valence-corrected chi connectivity index (χ1v) is 6.08. The van der Waals surface area contributed by atoms with E-state index in [0.29, 0.717) is 0 Å². The van der Waals surface area contributed by atoms with Gasteiger partial charge in [0.25, 0.3) is 11.8 Å². The highest BCUT2D eigenvalue weighted by molar-refractivity contribution is 6.35. The van der Waals surface area contributed by atoms with Crippen molar-refractivity contribution < 1.29 is 14.4 Å². The lowest BCUT2D eigenvalue weighted by atomic mass is 10.2. The lowest BCUT2D eigenvalue weighted by molar-refractivity contribution is -0.137. The standard InChI is InChI=1S/C11H9Cl2N3O3/c1-16-9(17)3-7(11(16)19)15-10(18)5-2-8(13)14-4-6(5)12/h2,4,7H,3H2,1H3,(H,15,18). The molecule has 1 aliphatic heterocycles. The molecule has 1 N–H and O–H groups in total. The zero-order chi connectivity index (χ0) is 14.2. The van der Waals surface area contributed by atoms with Gasteiger partial charge in [0.1, 0.15) is 11.2 Å². The van der Waals surface area contributed by atoms with Gasteiger partial charge in [-0.1, -0.05) is 23.2 Å². The molecule has 2 rings (SSSR count). The zero-order valence-corrected chi connectivity index (χ0v) is 11.3. The Morgan fingerprint density at radius 2 is 2.16 bits per heavy atom. The summed E-state index contributed by atoms with van der Waals surface area (Å²) in [6.45, 7) is 0. The highest BCUT2D eigenvalue weighted by Gasteiger charge is 2.37. The molecule has 0 saturated carbocycles. The molecule has 1 fully saturated rings. The molecule has 8 heteroatoms. The van der Waals surface area contributed by atoms with Gasteiger partial charge in [-0.3, -0.25) is 19.3 Å². The second-order valence-corrected chi connectivity index (χ2v) is 4.80. The van der Waals surface area contributed by atoms with Gasteiger partial charge in [0.2, 0.25) is 5.91 Å². The van der Waals surface area contributed by atoms with Crippen LogP contribution in [0.15, 0.2) is 12.3 Å². The summed E-state index contributed by atoms with van der Waals surface area (Å²) in [6, 6.07) is 0.428. The van der Waals surface area contributed by atoms with Crippen LogP contribution in [0.4, 0.5) is 0 Å². The Morgan fingerprint density at radius 3 is 2.74 bits per heavy atom. The Hall–Kier alpha value is -1.66. The van der Waals surface area contributed by atoms with E-state index in [1.54, 1.807) is 0 Å². The van der Waals surface area contributed by atoms with Crippen molar-refractivity contribution in [3.63, 3.8) is 0 Å². The summed E-state index contributed by atoms with van der Waals surface area (Å²) < 4.78 is 0. The largest absolute Gasteiger partial charge is 0.340 e. The molecule has 1 saturated heterocycles. The molecule has 0 radical (unpaired) electrons. The van der Waals surface area contributed by atoms with Gasteiger partial charge in [-0.05, 0) is 6.07 Å². The minimum Gasteiger partial charge on any atom is -0.340 e. The van der Waals surface area contributed by atoms with Gasteiger partial charge in [-0.15, -0.1) is 0 Å². The third kappa shape index (κ3) is 2.69. The minimum atomic E-state index is -0.868. The molecule has 1 unspecified atom stereocenters.